The van der Waals surface area contributed by atoms with Crippen LogP contribution in [0.1, 0.15) is 41.5 Å². The number of carbonyl (C=O) groups excluding carboxylic acids is 2. The van der Waals surface area contributed by atoms with Crippen LogP contribution in [0, 0.1) is 5.82 Å². The molecule has 38 heavy (non-hydrogen) atoms. The van der Waals surface area contributed by atoms with Crippen molar-refractivity contribution in [3.63, 3.8) is 0 Å². The number of amides is 1. The highest BCUT2D eigenvalue weighted by Crippen LogP contribution is 2.31. The largest absolute Gasteiger partial charge is 0.462 e. The van der Waals surface area contributed by atoms with E-state index in [0.717, 1.165) is 23.9 Å². The number of aromatic nitrogens is 1. The van der Waals surface area contributed by atoms with Gasteiger partial charge < -0.3 is 24.0 Å². The lowest BCUT2D eigenvalue weighted by Crippen LogP contribution is -2.49. The predicted octanol–water partition coefficient (Wildman–Crippen LogP) is 3.87. The highest BCUT2D eigenvalue weighted by atomic mass is 19.1. The van der Waals surface area contributed by atoms with Gasteiger partial charge in [-0.15, -0.1) is 0 Å². The standard InChI is InChI=1S/C28H33FN4O4.CH4/c1-4-37-28(36)24-25(22-8-5-6-9-23(22)33(27(24)35)15-7-14-30(2)3)31-16-18-32(19-17-31)26(34)20-10-12-21(29)13-11-20;/h5-6,8-13H,4,7,14-19H2,1-3H3;1H4. The number of hydrogen-bond donors (Lipinski definition) is 0. The number of hydrogen-bond acceptors (Lipinski definition) is 6. The van der Waals surface area contributed by atoms with Crippen molar-refractivity contribution in [2.45, 2.75) is 27.3 Å². The molecule has 4 rings (SSSR count). The molecule has 1 aliphatic heterocycles. The molecule has 0 spiro atoms. The van der Waals surface area contributed by atoms with Gasteiger partial charge in [-0.25, -0.2) is 9.18 Å². The zero-order valence-electron chi connectivity index (χ0n) is 21.6. The summed E-state index contributed by atoms with van der Waals surface area (Å²) in [6.45, 7) is 4.84. The van der Waals surface area contributed by atoms with E-state index in [9.17, 15) is 18.8 Å². The van der Waals surface area contributed by atoms with E-state index in [1.165, 1.54) is 24.3 Å². The molecule has 0 saturated carbocycles. The highest BCUT2D eigenvalue weighted by molar-refractivity contribution is 6.05. The number of anilines is 1. The Kier molecular flexibility index (Phi) is 9.63. The Hall–Kier alpha value is -3.72. The molecule has 0 bridgehead atoms. The van der Waals surface area contributed by atoms with Crippen molar-refractivity contribution in [3.8, 4) is 0 Å². The van der Waals surface area contributed by atoms with Crippen molar-refractivity contribution in [2.24, 2.45) is 0 Å². The maximum Gasteiger partial charge on any atom is 0.345 e. The lowest BCUT2D eigenvalue weighted by Gasteiger charge is -2.37. The van der Waals surface area contributed by atoms with Crippen LogP contribution in [0.25, 0.3) is 10.9 Å². The molecule has 3 aromatic rings. The summed E-state index contributed by atoms with van der Waals surface area (Å²) in [5, 5.41) is 0.799. The lowest BCUT2D eigenvalue weighted by atomic mass is 10.1. The van der Waals surface area contributed by atoms with E-state index in [2.05, 4.69) is 4.90 Å². The smallest absolute Gasteiger partial charge is 0.345 e. The zero-order valence-corrected chi connectivity index (χ0v) is 21.6. The summed E-state index contributed by atoms with van der Waals surface area (Å²) in [4.78, 5) is 45.6. The molecule has 204 valence electrons. The lowest BCUT2D eigenvalue weighted by molar-refractivity contribution is 0.0523. The molecule has 8 nitrogen and oxygen atoms in total. The molecule has 1 fully saturated rings. The maximum atomic E-state index is 13.8. The highest BCUT2D eigenvalue weighted by Gasteiger charge is 2.30. The Morgan fingerprint density at radius 1 is 1.00 bits per heavy atom. The van der Waals surface area contributed by atoms with Crippen LogP contribution in [-0.4, -0.2) is 79.7 Å². The Labute approximate surface area is 223 Å². The number of benzene rings is 2. The molecular weight excluding hydrogens is 487 g/mol. The Morgan fingerprint density at radius 2 is 1.66 bits per heavy atom. The van der Waals surface area contributed by atoms with Crippen LogP contribution in [0.4, 0.5) is 10.1 Å². The number of halogens is 1. The van der Waals surface area contributed by atoms with E-state index >= 15 is 0 Å². The Balaban J connectivity index is 0.00000400. The molecule has 0 aliphatic carbocycles. The molecule has 1 aliphatic rings. The summed E-state index contributed by atoms with van der Waals surface area (Å²) < 4.78 is 20.3. The molecule has 1 amide bonds. The first-order valence-electron chi connectivity index (χ1n) is 12.6. The fraction of sp³-hybridized carbons (Fsp3) is 0.414. The summed E-state index contributed by atoms with van der Waals surface area (Å²) in [5.41, 5.74) is 1.41. The predicted molar refractivity (Wildman–Crippen MR) is 149 cm³/mol. The van der Waals surface area contributed by atoms with Crippen molar-refractivity contribution in [1.82, 2.24) is 14.4 Å². The van der Waals surface area contributed by atoms with E-state index in [4.69, 9.17) is 4.74 Å². The number of pyridine rings is 1. The molecule has 2 heterocycles. The molecule has 2 aromatic carbocycles. The fourth-order valence-corrected chi connectivity index (χ4v) is 4.78. The van der Waals surface area contributed by atoms with Crippen LogP contribution in [0.15, 0.2) is 53.3 Å². The second-order valence-electron chi connectivity index (χ2n) is 9.36. The Bertz CT molecular complexity index is 1330. The summed E-state index contributed by atoms with van der Waals surface area (Å²) in [6, 6.07) is 13.1. The van der Waals surface area contributed by atoms with Crippen LogP contribution in [0.3, 0.4) is 0 Å². The fourth-order valence-electron chi connectivity index (χ4n) is 4.78. The van der Waals surface area contributed by atoms with Crippen molar-refractivity contribution >= 4 is 28.5 Å². The average molecular weight is 525 g/mol. The minimum atomic E-state index is -0.639. The van der Waals surface area contributed by atoms with Crippen LogP contribution in [0.5, 0.6) is 0 Å². The maximum absolute atomic E-state index is 13.8. The summed E-state index contributed by atoms with van der Waals surface area (Å²) in [5.74, 6) is -1.21. The van der Waals surface area contributed by atoms with E-state index in [1.54, 1.807) is 16.4 Å². The molecule has 9 heteroatoms. The SMILES string of the molecule is C.CCOC(=O)c1c(N2CCN(C(=O)c3ccc(F)cc3)CC2)c2ccccc2n(CCCN(C)C)c1=O. The molecule has 0 radical (unpaired) electrons. The van der Waals surface area contributed by atoms with Crippen molar-refractivity contribution < 1.29 is 18.7 Å². The van der Waals surface area contributed by atoms with Crippen LogP contribution < -0.4 is 10.5 Å². The molecule has 0 N–H and O–H groups in total. The van der Waals surface area contributed by atoms with E-state index in [1.807, 2.05) is 43.3 Å². The van der Waals surface area contributed by atoms with Crippen molar-refractivity contribution in [2.75, 3.05) is 58.3 Å². The second-order valence-corrected chi connectivity index (χ2v) is 9.36. The topological polar surface area (TPSA) is 75.1 Å². The number of carbonyl (C=O) groups is 2. The monoisotopic (exact) mass is 524 g/mol. The van der Waals surface area contributed by atoms with E-state index in [0.29, 0.717) is 44.0 Å². The van der Waals surface area contributed by atoms with Gasteiger partial charge in [0.2, 0.25) is 0 Å². The van der Waals surface area contributed by atoms with Gasteiger partial charge in [0.1, 0.15) is 11.4 Å². The van der Waals surface area contributed by atoms with Gasteiger partial charge in [0.25, 0.3) is 11.5 Å². The minimum absolute atomic E-state index is 0. The van der Waals surface area contributed by atoms with Crippen molar-refractivity contribution in [1.29, 1.82) is 0 Å². The quantitative estimate of drug-likeness (QED) is 0.417. The van der Waals surface area contributed by atoms with Gasteiger partial charge in [-0.1, -0.05) is 25.6 Å². The summed E-state index contributed by atoms with van der Waals surface area (Å²) >= 11 is 0. The number of ether oxygens (including phenoxy) is 1. The van der Waals surface area contributed by atoms with E-state index < -0.39 is 11.8 Å². The number of para-hydroxylation sites is 1. The number of esters is 1. The van der Waals surface area contributed by atoms with Gasteiger partial charge >= 0.3 is 5.97 Å². The molecule has 1 aromatic heterocycles. The number of aryl methyl sites for hydroxylation is 1. The third-order valence-corrected chi connectivity index (χ3v) is 6.59. The van der Waals surface area contributed by atoms with Gasteiger partial charge in [0.05, 0.1) is 17.8 Å². The molecule has 0 atom stereocenters. The molecule has 0 unspecified atom stereocenters. The zero-order chi connectivity index (χ0) is 26.5. The van der Waals surface area contributed by atoms with Gasteiger partial charge in [-0.3, -0.25) is 9.59 Å². The number of piperazine rings is 1. The van der Waals surface area contributed by atoms with Gasteiger partial charge in [-0.05, 0) is 64.3 Å². The van der Waals surface area contributed by atoms with Gasteiger partial charge in [0, 0.05) is 43.7 Å². The van der Waals surface area contributed by atoms with Gasteiger partial charge in [0.15, 0.2) is 0 Å². The molecular formula is C29H37FN4O4. The molecule has 1 saturated heterocycles. The number of nitrogens with zero attached hydrogens (tertiary/aromatic N) is 4. The first-order valence-corrected chi connectivity index (χ1v) is 12.6. The average Bonchev–Trinajstić information content (AvgIpc) is 2.89. The van der Waals surface area contributed by atoms with Crippen LogP contribution >= 0.6 is 0 Å². The van der Waals surface area contributed by atoms with Crippen LogP contribution in [-0.2, 0) is 11.3 Å². The second kappa shape index (κ2) is 12.7. The number of fused-ring (bicyclic) bond motifs is 1. The van der Waals surface area contributed by atoms with Crippen LogP contribution in [0.2, 0.25) is 0 Å². The first-order chi connectivity index (χ1) is 17.8. The Morgan fingerprint density at radius 3 is 2.29 bits per heavy atom. The summed E-state index contributed by atoms with van der Waals surface area (Å²) in [7, 11) is 3.96. The van der Waals surface area contributed by atoms with Crippen molar-refractivity contribution in [3.05, 3.63) is 75.8 Å². The third kappa shape index (κ3) is 6.05. The number of rotatable bonds is 8. The summed E-state index contributed by atoms with van der Waals surface area (Å²) in [6.07, 6.45) is 0.753. The van der Waals surface area contributed by atoms with Gasteiger partial charge in [-0.2, -0.15) is 0 Å². The normalized spacial score (nSPS) is 13.5. The van der Waals surface area contributed by atoms with E-state index in [-0.39, 0.29) is 31.1 Å². The minimum Gasteiger partial charge on any atom is -0.462 e. The third-order valence-electron chi connectivity index (χ3n) is 6.59. The first kappa shape index (κ1) is 28.8.